The van der Waals surface area contributed by atoms with Crippen molar-refractivity contribution in [3.05, 3.63) is 12.2 Å². The summed E-state index contributed by atoms with van der Waals surface area (Å²) in [5, 5.41) is 3.35. The lowest BCUT2D eigenvalue weighted by Gasteiger charge is -2.26. The molecule has 1 fully saturated rings. The van der Waals surface area contributed by atoms with Crippen LogP contribution >= 0.6 is 0 Å². The van der Waals surface area contributed by atoms with Crippen molar-refractivity contribution < 1.29 is 4.79 Å². The van der Waals surface area contributed by atoms with Gasteiger partial charge < -0.3 is 11.1 Å². The summed E-state index contributed by atoms with van der Waals surface area (Å²) in [6.07, 6.45) is 9.92. The van der Waals surface area contributed by atoms with Crippen molar-refractivity contribution in [3.8, 4) is 0 Å². The third-order valence-electron chi connectivity index (χ3n) is 3.08. The molecule has 3 heteroatoms. The number of carbonyl (C=O) groups is 1. The molecule has 3 N–H and O–H groups in total. The molecule has 2 atom stereocenters. The first-order chi connectivity index (χ1) is 6.77. The van der Waals surface area contributed by atoms with E-state index in [1.807, 2.05) is 0 Å². The van der Waals surface area contributed by atoms with Gasteiger partial charge in [0.2, 0.25) is 5.91 Å². The van der Waals surface area contributed by atoms with Crippen LogP contribution in [0, 0.1) is 5.92 Å². The number of allylic oxidation sites excluding steroid dienone is 2. The lowest BCUT2D eigenvalue weighted by Crippen LogP contribution is -2.47. The molecule has 0 spiro atoms. The zero-order chi connectivity index (χ0) is 9.97. The van der Waals surface area contributed by atoms with Gasteiger partial charge in [0.25, 0.3) is 0 Å². The third kappa shape index (κ3) is 2.35. The van der Waals surface area contributed by atoms with E-state index in [2.05, 4.69) is 17.5 Å². The summed E-state index contributed by atoms with van der Waals surface area (Å²) in [6, 6.07) is 0.450. The SMILES string of the molecule is NC(=O)C(NC1CC1)C1CC=CCC1. The number of amides is 1. The summed E-state index contributed by atoms with van der Waals surface area (Å²) >= 11 is 0. The van der Waals surface area contributed by atoms with Crippen LogP contribution in [-0.4, -0.2) is 18.0 Å². The molecule has 0 heterocycles. The maximum absolute atomic E-state index is 11.3. The van der Waals surface area contributed by atoms with E-state index in [0.717, 1.165) is 19.3 Å². The number of primary amides is 1. The van der Waals surface area contributed by atoms with Crippen LogP contribution in [0.5, 0.6) is 0 Å². The number of hydrogen-bond acceptors (Lipinski definition) is 2. The van der Waals surface area contributed by atoms with Gasteiger partial charge in [-0.2, -0.15) is 0 Å². The largest absolute Gasteiger partial charge is 0.368 e. The first-order valence-electron chi connectivity index (χ1n) is 5.47. The van der Waals surface area contributed by atoms with Crippen molar-refractivity contribution in [2.24, 2.45) is 11.7 Å². The molecular formula is C11H18N2O. The molecule has 0 aliphatic heterocycles. The molecule has 1 amide bonds. The predicted molar refractivity (Wildman–Crippen MR) is 55.6 cm³/mol. The Morgan fingerprint density at radius 3 is 2.64 bits per heavy atom. The van der Waals surface area contributed by atoms with Crippen molar-refractivity contribution >= 4 is 5.91 Å². The minimum Gasteiger partial charge on any atom is -0.368 e. The second-order valence-electron chi connectivity index (χ2n) is 4.37. The van der Waals surface area contributed by atoms with E-state index >= 15 is 0 Å². The fraction of sp³-hybridized carbons (Fsp3) is 0.727. The van der Waals surface area contributed by atoms with Gasteiger partial charge in [-0.25, -0.2) is 0 Å². The van der Waals surface area contributed by atoms with E-state index < -0.39 is 0 Å². The topological polar surface area (TPSA) is 55.1 Å². The molecule has 3 nitrogen and oxygen atoms in total. The summed E-state index contributed by atoms with van der Waals surface area (Å²) in [5.74, 6) is 0.232. The van der Waals surface area contributed by atoms with Crippen LogP contribution in [-0.2, 0) is 4.79 Å². The number of hydrogen-bond donors (Lipinski definition) is 2. The molecule has 1 saturated carbocycles. The van der Waals surface area contributed by atoms with Gasteiger partial charge in [-0.1, -0.05) is 12.2 Å². The molecule has 0 aromatic rings. The highest BCUT2D eigenvalue weighted by Crippen LogP contribution is 2.26. The van der Waals surface area contributed by atoms with Crippen LogP contribution in [0.15, 0.2) is 12.2 Å². The molecule has 2 aliphatic rings. The van der Waals surface area contributed by atoms with Crippen molar-refractivity contribution in [3.63, 3.8) is 0 Å². The highest BCUT2D eigenvalue weighted by Gasteiger charge is 2.32. The average Bonchev–Trinajstić information content (AvgIpc) is 2.99. The minimum atomic E-state index is -0.183. The molecular weight excluding hydrogens is 176 g/mol. The van der Waals surface area contributed by atoms with Gasteiger partial charge >= 0.3 is 0 Å². The maximum atomic E-state index is 11.3. The molecule has 0 bridgehead atoms. The Labute approximate surface area is 84.7 Å². The Kier molecular flexibility index (Phi) is 2.87. The maximum Gasteiger partial charge on any atom is 0.234 e. The molecule has 0 radical (unpaired) electrons. The van der Waals surface area contributed by atoms with Crippen molar-refractivity contribution in [1.82, 2.24) is 5.32 Å². The van der Waals surface area contributed by atoms with E-state index in [4.69, 9.17) is 5.73 Å². The highest BCUT2D eigenvalue weighted by atomic mass is 16.1. The average molecular weight is 194 g/mol. The van der Waals surface area contributed by atoms with Gasteiger partial charge in [-0.3, -0.25) is 4.79 Å². The van der Waals surface area contributed by atoms with Crippen LogP contribution in [0.4, 0.5) is 0 Å². The lowest BCUT2D eigenvalue weighted by molar-refractivity contribution is -0.121. The minimum absolute atomic E-state index is 0.104. The van der Waals surface area contributed by atoms with Crippen LogP contribution in [0.3, 0.4) is 0 Å². The Hall–Kier alpha value is -0.830. The quantitative estimate of drug-likeness (QED) is 0.655. The second kappa shape index (κ2) is 4.13. The van der Waals surface area contributed by atoms with Crippen molar-refractivity contribution in [2.75, 3.05) is 0 Å². The first-order valence-corrected chi connectivity index (χ1v) is 5.47. The van der Waals surface area contributed by atoms with Crippen LogP contribution < -0.4 is 11.1 Å². The zero-order valence-electron chi connectivity index (χ0n) is 8.41. The fourth-order valence-corrected chi connectivity index (χ4v) is 2.07. The van der Waals surface area contributed by atoms with E-state index in [1.54, 1.807) is 0 Å². The summed E-state index contributed by atoms with van der Waals surface area (Å²) < 4.78 is 0. The fourth-order valence-electron chi connectivity index (χ4n) is 2.07. The van der Waals surface area contributed by atoms with Crippen molar-refractivity contribution in [2.45, 2.75) is 44.2 Å². The Balaban J connectivity index is 1.93. The third-order valence-corrected chi connectivity index (χ3v) is 3.08. The smallest absolute Gasteiger partial charge is 0.234 e. The molecule has 2 aliphatic carbocycles. The normalized spacial score (nSPS) is 28.7. The predicted octanol–water partition coefficient (Wildman–Crippen LogP) is 0.949. The Morgan fingerprint density at radius 1 is 1.36 bits per heavy atom. The number of nitrogens with one attached hydrogen (secondary N) is 1. The Morgan fingerprint density at radius 2 is 2.14 bits per heavy atom. The number of rotatable bonds is 4. The lowest BCUT2D eigenvalue weighted by atomic mass is 9.87. The van der Waals surface area contributed by atoms with E-state index in [9.17, 15) is 4.79 Å². The molecule has 78 valence electrons. The van der Waals surface area contributed by atoms with Gasteiger partial charge in [0, 0.05) is 6.04 Å². The van der Waals surface area contributed by atoms with Crippen LogP contribution in [0.1, 0.15) is 32.1 Å². The zero-order valence-corrected chi connectivity index (χ0v) is 8.41. The molecule has 0 saturated heterocycles. The van der Waals surface area contributed by atoms with Gasteiger partial charge in [0.1, 0.15) is 0 Å². The molecule has 14 heavy (non-hydrogen) atoms. The molecule has 0 aromatic heterocycles. The molecule has 0 aromatic carbocycles. The number of nitrogens with two attached hydrogens (primary N) is 1. The molecule has 2 unspecified atom stereocenters. The number of carbonyl (C=O) groups excluding carboxylic acids is 1. The van der Waals surface area contributed by atoms with Gasteiger partial charge in [-0.05, 0) is 38.0 Å². The Bertz CT molecular complexity index is 246. The van der Waals surface area contributed by atoms with E-state index in [1.165, 1.54) is 12.8 Å². The summed E-state index contributed by atoms with van der Waals surface area (Å²) in [6.45, 7) is 0. The summed E-state index contributed by atoms with van der Waals surface area (Å²) in [7, 11) is 0. The van der Waals surface area contributed by atoms with Crippen LogP contribution in [0.2, 0.25) is 0 Å². The monoisotopic (exact) mass is 194 g/mol. The van der Waals surface area contributed by atoms with E-state index in [-0.39, 0.29) is 11.9 Å². The highest BCUT2D eigenvalue weighted by molar-refractivity contribution is 5.80. The summed E-state index contributed by atoms with van der Waals surface area (Å²) in [4.78, 5) is 11.3. The molecule has 2 rings (SSSR count). The van der Waals surface area contributed by atoms with E-state index in [0.29, 0.717) is 12.0 Å². The van der Waals surface area contributed by atoms with Gasteiger partial charge in [0.15, 0.2) is 0 Å². The second-order valence-corrected chi connectivity index (χ2v) is 4.37. The van der Waals surface area contributed by atoms with Gasteiger partial charge in [0.05, 0.1) is 6.04 Å². The first kappa shape index (κ1) is 9.71. The van der Waals surface area contributed by atoms with Crippen molar-refractivity contribution in [1.29, 1.82) is 0 Å². The van der Waals surface area contributed by atoms with Gasteiger partial charge in [-0.15, -0.1) is 0 Å². The summed E-state index contributed by atoms with van der Waals surface area (Å²) in [5.41, 5.74) is 5.42. The van der Waals surface area contributed by atoms with Crippen LogP contribution in [0.25, 0.3) is 0 Å². The standard InChI is InChI=1S/C11H18N2O/c12-11(14)10(13-9-6-7-9)8-4-2-1-3-5-8/h1-2,8-10,13H,3-7H2,(H2,12,14).